The van der Waals surface area contributed by atoms with Crippen LogP contribution in [0.15, 0.2) is 71.4 Å². The van der Waals surface area contributed by atoms with Gasteiger partial charge >= 0.3 is 0 Å². The molecule has 0 aliphatic carbocycles. The number of likely N-dealkylation sites (N-methyl/N-ethyl adjacent to an activating group) is 2. The molecule has 0 spiro atoms. The largest absolute Gasteiger partial charge is 0.395 e. The number of aliphatic hydroxyl groups is 1. The van der Waals surface area contributed by atoms with Gasteiger partial charge in [0.1, 0.15) is 11.5 Å². The maximum atomic E-state index is 12.5. The molecule has 1 amide bonds. The molecule has 1 aliphatic rings. The van der Waals surface area contributed by atoms with Crippen LogP contribution in [0.3, 0.4) is 0 Å². The second kappa shape index (κ2) is 8.47. The number of hydrogen-bond donors (Lipinski definition) is 1. The van der Waals surface area contributed by atoms with E-state index in [4.69, 9.17) is 5.11 Å². The van der Waals surface area contributed by atoms with Crippen LogP contribution in [-0.4, -0.2) is 49.0 Å². The van der Waals surface area contributed by atoms with Gasteiger partial charge in [0.2, 0.25) is 0 Å². The van der Waals surface area contributed by atoms with Crippen molar-refractivity contribution in [1.29, 1.82) is 0 Å². The van der Waals surface area contributed by atoms with E-state index in [0.29, 0.717) is 18.1 Å². The van der Waals surface area contributed by atoms with Crippen LogP contribution in [0.2, 0.25) is 0 Å². The summed E-state index contributed by atoms with van der Waals surface area (Å²) < 4.78 is 0. The second-order valence-electron chi connectivity index (χ2n) is 6.34. The fraction of sp³-hybridized carbons (Fsp3) is 0.182. The average Bonchev–Trinajstić information content (AvgIpc) is 2.96. The Hall–Kier alpha value is -3.18. The summed E-state index contributed by atoms with van der Waals surface area (Å²) in [4.78, 5) is 20.5. The highest BCUT2D eigenvalue weighted by Crippen LogP contribution is 2.20. The van der Waals surface area contributed by atoms with E-state index in [1.807, 2.05) is 78.7 Å². The van der Waals surface area contributed by atoms with Crippen LogP contribution in [0.1, 0.15) is 11.1 Å². The standard InChI is InChI=1S/C22H23N3O2/c1-24(14-15-26)19-11-8-18(9-12-19)16-20-22(27)25(2)21(23-20)13-10-17-6-4-3-5-7-17/h3-13,16,26H,14-15H2,1-2H3/b13-10+,20-16-. The summed E-state index contributed by atoms with van der Waals surface area (Å²) in [5.74, 6) is 0.499. The molecule has 0 radical (unpaired) electrons. The fourth-order valence-electron chi connectivity index (χ4n) is 2.76. The van der Waals surface area contributed by atoms with Crippen molar-refractivity contribution in [2.45, 2.75) is 0 Å². The number of aliphatic hydroxyl groups excluding tert-OH is 1. The number of hydrogen-bond acceptors (Lipinski definition) is 4. The van der Waals surface area contributed by atoms with Gasteiger partial charge in [0.05, 0.1) is 6.61 Å². The van der Waals surface area contributed by atoms with Gasteiger partial charge in [-0.2, -0.15) is 0 Å². The third-order valence-electron chi connectivity index (χ3n) is 4.40. The molecule has 0 bridgehead atoms. The highest BCUT2D eigenvalue weighted by atomic mass is 16.3. The normalized spacial score (nSPS) is 15.7. The van der Waals surface area contributed by atoms with E-state index in [0.717, 1.165) is 16.8 Å². The summed E-state index contributed by atoms with van der Waals surface area (Å²) in [5, 5.41) is 9.02. The summed E-state index contributed by atoms with van der Waals surface area (Å²) in [7, 11) is 3.65. The van der Waals surface area contributed by atoms with Gasteiger partial charge < -0.3 is 10.0 Å². The second-order valence-corrected chi connectivity index (χ2v) is 6.34. The highest BCUT2D eigenvalue weighted by molar-refractivity contribution is 6.18. The lowest BCUT2D eigenvalue weighted by molar-refractivity contribution is -0.121. The van der Waals surface area contributed by atoms with Crippen molar-refractivity contribution in [2.24, 2.45) is 4.99 Å². The molecule has 2 aromatic rings. The molecule has 5 nitrogen and oxygen atoms in total. The Balaban J connectivity index is 1.78. The molecule has 0 saturated heterocycles. The third-order valence-corrected chi connectivity index (χ3v) is 4.40. The van der Waals surface area contributed by atoms with Crippen molar-refractivity contribution in [3.63, 3.8) is 0 Å². The lowest BCUT2D eigenvalue weighted by Gasteiger charge is -2.17. The predicted octanol–water partition coefficient (Wildman–Crippen LogP) is 3.04. The van der Waals surface area contributed by atoms with Gasteiger partial charge in [0, 0.05) is 26.3 Å². The molecule has 0 fully saturated rings. The molecule has 138 valence electrons. The molecule has 3 rings (SSSR count). The van der Waals surface area contributed by atoms with Gasteiger partial charge in [0.15, 0.2) is 0 Å². The Morgan fingerprint density at radius 1 is 1.04 bits per heavy atom. The molecule has 1 aliphatic heterocycles. The third kappa shape index (κ3) is 4.51. The zero-order valence-corrected chi connectivity index (χ0v) is 15.5. The molecule has 1 N–H and O–H groups in total. The lowest BCUT2D eigenvalue weighted by atomic mass is 10.1. The van der Waals surface area contributed by atoms with Gasteiger partial charge in [-0.15, -0.1) is 0 Å². The summed E-state index contributed by atoms with van der Waals surface area (Å²) in [6, 6.07) is 17.7. The minimum Gasteiger partial charge on any atom is -0.395 e. The van der Waals surface area contributed by atoms with Gasteiger partial charge in [-0.3, -0.25) is 9.69 Å². The number of aliphatic imine (C=N–C) groups is 1. The van der Waals surface area contributed by atoms with E-state index in [9.17, 15) is 4.79 Å². The number of anilines is 1. The van der Waals surface area contributed by atoms with Crippen LogP contribution in [0, 0.1) is 0 Å². The van der Waals surface area contributed by atoms with Crippen molar-refractivity contribution >= 4 is 29.6 Å². The van der Waals surface area contributed by atoms with E-state index in [1.165, 1.54) is 0 Å². The Bertz CT molecular complexity index is 884. The SMILES string of the molecule is CN1C(=O)/C(=C/c2ccc(N(C)CCO)cc2)N=C1/C=C/c1ccccc1. The number of amidine groups is 1. The van der Waals surface area contributed by atoms with Crippen LogP contribution < -0.4 is 4.90 Å². The predicted molar refractivity (Wildman–Crippen MR) is 110 cm³/mol. The van der Waals surface area contributed by atoms with Crippen LogP contribution in [0.4, 0.5) is 5.69 Å². The van der Waals surface area contributed by atoms with Gasteiger partial charge in [-0.25, -0.2) is 4.99 Å². The summed E-state index contributed by atoms with van der Waals surface area (Å²) in [6.07, 6.45) is 5.58. The van der Waals surface area contributed by atoms with Crippen LogP contribution in [0.5, 0.6) is 0 Å². The van der Waals surface area contributed by atoms with Crippen LogP contribution in [0.25, 0.3) is 12.2 Å². The number of benzene rings is 2. The minimum absolute atomic E-state index is 0.108. The highest BCUT2D eigenvalue weighted by Gasteiger charge is 2.25. The number of nitrogens with zero attached hydrogens (tertiary/aromatic N) is 3. The fourth-order valence-corrected chi connectivity index (χ4v) is 2.76. The number of rotatable bonds is 6. The van der Waals surface area contributed by atoms with Gasteiger partial charge in [0.25, 0.3) is 5.91 Å². The first-order chi connectivity index (χ1) is 13.1. The van der Waals surface area contributed by atoms with E-state index in [2.05, 4.69) is 4.99 Å². The Kier molecular flexibility index (Phi) is 5.84. The Morgan fingerprint density at radius 2 is 1.74 bits per heavy atom. The van der Waals surface area contributed by atoms with E-state index >= 15 is 0 Å². The van der Waals surface area contributed by atoms with Crippen molar-refractivity contribution in [1.82, 2.24) is 4.90 Å². The smallest absolute Gasteiger partial charge is 0.277 e. The summed E-state index contributed by atoms with van der Waals surface area (Å²) in [6.45, 7) is 0.683. The van der Waals surface area contributed by atoms with Crippen LogP contribution in [-0.2, 0) is 4.79 Å². The topological polar surface area (TPSA) is 56.1 Å². The summed E-state index contributed by atoms with van der Waals surface area (Å²) in [5.41, 5.74) is 3.39. The number of carbonyl (C=O) groups excluding carboxylic acids is 1. The van der Waals surface area contributed by atoms with Gasteiger partial charge in [-0.05, 0) is 35.4 Å². The molecule has 1 heterocycles. The zero-order valence-electron chi connectivity index (χ0n) is 15.5. The molecule has 0 saturated carbocycles. The van der Waals surface area contributed by atoms with E-state index in [1.54, 1.807) is 18.0 Å². The molecule has 0 atom stereocenters. The molecular formula is C22H23N3O2. The molecule has 2 aromatic carbocycles. The maximum absolute atomic E-state index is 12.5. The van der Waals surface area contributed by atoms with Crippen molar-refractivity contribution in [2.75, 3.05) is 32.1 Å². The lowest BCUT2D eigenvalue weighted by Crippen LogP contribution is -2.26. The van der Waals surface area contributed by atoms with Crippen molar-refractivity contribution in [3.05, 3.63) is 77.5 Å². The van der Waals surface area contributed by atoms with E-state index < -0.39 is 0 Å². The zero-order chi connectivity index (χ0) is 19.2. The first-order valence-electron chi connectivity index (χ1n) is 8.82. The first-order valence-corrected chi connectivity index (χ1v) is 8.82. The van der Waals surface area contributed by atoms with Gasteiger partial charge in [-0.1, -0.05) is 48.5 Å². The van der Waals surface area contributed by atoms with Crippen molar-refractivity contribution < 1.29 is 9.90 Å². The molecule has 0 unspecified atom stereocenters. The molecule has 27 heavy (non-hydrogen) atoms. The minimum atomic E-state index is -0.121. The van der Waals surface area contributed by atoms with Crippen LogP contribution >= 0.6 is 0 Å². The van der Waals surface area contributed by atoms with E-state index in [-0.39, 0.29) is 12.5 Å². The quantitative estimate of drug-likeness (QED) is 0.805. The molecule has 0 aromatic heterocycles. The first kappa shape index (κ1) is 18.6. The number of carbonyl (C=O) groups is 1. The molecule has 5 heteroatoms. The molecular weight excluding hydrogens is 338 g/mol. The Morgan fingerprint density at radius 3 is 2.41 bits per heavy atom. The maximum Gasteiger partial charge on any atom is 0.277 e. The monoisotopic (exact) mass is 361 g/mol. The number of amides is 1. The summed E-state index contributed by atoms with van der Waals surface area (Å²) >= 11 is 0. The Labute approximate surface area is 159 Å². The van der Waals surface area contributed by atoms with Crippen molar-refractivity contribution in [3.8, 4) is 0 Å². The average molecular weight is 361 g/mol.